The van der Waals surface area contributed by atoms with E-state index in [2.05, 4.69) is 22.2 Å². The molecule has 92 valence electrons. The molecule has 0 bridgehead atoms. The Morgan fingerprint density at radius 3 is 2.40 bits per heavy atom. The molecule has 0 aromatic heterocycles. The summed E-state index contributed by atoms with van der Waals surface area (Å²) in [4.78, 5) is 5.02. The van der Waals surface area contributed by atoms with Crippen LogP contribution < -0.4 is 5.32 Å². The van der Waals surface area contributed by atoms with Gasteiger partial charge in [-0.25, -0.2) is 0 Å². The van der Waals surface area contributed by atoms with Crippen LogP contribution in [0.15, 0.2) is 0 Å². The number of hydrogen-bond donors (Lipinski definition) is 1. The largest absolute Gasteiger partial charge is 0.310 e. The molecule has 1 atom stereocenters. The van der Waals surface area contributed by atoms with Crippen LogP contribution in [-0.2, 0) is 0 Å². The van der Waals surface area contributed by atoms with Gasteiger partial charge in [0, 0.05) is 32.2 Å². The highest BCUT2D eigenvalue weighted by Crippen LogP contribution is 2.08. The van der Waals surface area contributed by atoms with Crippen LogP contribution in [0.25, 0.3) is 0 Å². The summed E-state index contributed by atoms with van der Waals surface area (Å²) in [5.74, 6) is 0. The van der Waals surface area contributed by atoms with Crippen molar-refractivity contribution in [3.05, 3.63) is 0 Å². The molecule has 0 spiro atoms. The molecule has 0 aromatic rings. The van der Waals surface area contributed by atoms with E-state index in [1.54, 1.807) is 0 Å². The number of piperazine rings is 1. The Morgan fingerprint density at radius 2 is 1.80 bits per heavy atom. The quantitative estimate of drug-likeness (QED) is 0.789. The van der Waals surface area contributed by atoms with Gasteiger partial charge in [-0.2, -0.15) is 0 Å². The number of halogens is 2. The Morgan fingerprint density at radius 1 is 1.13 bits per heavy atom. The highest BCUT2D eigenvalue weighted by Gasteiger charge is 2.20. The minimum absolute atomic E-state index is 0. The fraction of sp³-hybridized carbons (Fsp3) is 1.00. The molecule has 2 rings (SSSR count). The molecule has 15 heavy (non-hydrogen) atoms. The number of rotatable bonds is 2. The van der Waals surface area contributed by atoms with Crippen molar-refractivity contribution in [2.24, 2.45) is 0 Å². The Bertz CT molecular complexity index is 163. The molecule has 1 unspecified atom stereocenters. The lowest BCUT2D eigenvalue weighted by Gasteiger charge is -2.33. The molecule has 0 amide bonds. The molecule has 0 radical (unpaired) electrons. The molecule has 0 aromatic carbocycles. The van der Waals surface area contributed by atoms with Crippen LogP contribution in [0, 0.1) is 0 Å². The first-order valence-corrected chi connectivity index (χ1v) is 5.49. The third kappa shape index (κ3) is 4.87. The topological polar surface area (TPSA) is 18.5 Å². The second-order valence-electron chi connectivity index (χ2n) is 4.42. The van der Waals surface area contributed by atoms with Crippen LogP contribution in [0.1, 0.15) is 12.8 Å². The molecule has 2 heterocycles. The first-order chi connectivity index (χ1) is 6.34. The van der Waals surface area contributed by atoms with E-state index in [4.69, 9.17) is 0 Å². The third-order valence-electron chi connectivity index (χ3n) is 3.14. The standard InChI is InChI=1S/C10H21N3.2ClH/c1-12-7-4-11-10(8-12)9-13-5-2-3-6-13;;/h10-11H,2-9H2,1H3;2*1H. The van der Waals surface area contributed by atoms with Crippen molar-refractivity contribution in [1.29, 1.82) is 0 Å². The van der Waals surface area contributed by atoms with Gasteiger partial charge in [0.2, 0.25) is 0 Å². The van der Waals surface area contributed by atoms with Gasteiger partial charge in [0.15, 0.2) is 0 Å². The molecule has 2 aliphatic rings. The zero-order valence-electron chi connectivity index (χ0n) is 9.45. The normalized spacial score (nSPS) is 28.2. The summed E-state index contributed by atoms with van der Waals surface area (Å²) in [5, 5.41) is 3.59. The lowest BCUT2D eigenvalue weighted by Crippen LogP contribution is -2.53. The van der Waals surface area contributed by atoms with Crippen LogP contribution in [0.4, 0.5) is 0 Å². The van der Waals surface area contributed by atoms with Crippen molar-refractivity contribution in [1.82, 2.24) is 15.1 Å². The van der Waals surface area contributed by atoms with Crippen LogP contribution >= 0.6 is 24.8 Å². The summed E-state index contributed by atoms with van der Waals surface area (Å²) in [6, 6.07) is 0.705. The van der Waals surface area contributed by atoms with Crippen molar-refractivity contribution in [3.8, 4) is 0 Å². The number of likely N-dealkylation sites (tertiary alicyclic amines) is 1. The minimum Gasteiger partial charge on any atom is -0.310 e. The Labute approximate surface area is 105 Å². The van der Waals surface area contributed by atoms with Gasteiger partial charge in [0.05, 0.1) is 0 Å². The van der Waals surface area contributed by atoms with Gasteiger partial charge < -0.3 is 15.1 Å². The Kier molecular flexibility index (Phi) is 7.92. The highest BCUT2D eigenvalue weighted by molar-refractivity contribution is 5.85. The second-order valence-corrected chi connectivity index (χ2v) is 4.42. The van der Waals surface area contributed by atoms with E-state index >= 15 is 0 Å². The van der Waals surface area contributed by atoms with Gasteiger partial charge in [0.25, 0.3) is 0 Å². The van der Waals surface area contributed by atoms with Crippen LogP contribution in [-0.4, -0.2) is 62.2 Å². The minimum atomic E-state index is 0. The van der Waals surface area contributed by atoms with Crippen molar-refractivity contribution in [3.63, 3.8) is 0 Å². The summed E-state index contributed by atoms with van der Waals surface area (Å²) < 4.78 is 0. The molecule has 2 aliphatic heterocycles. The molecule has 2 saturated heterocycles. The average Bonchev–Trinajstić information content (AvgIpc) is 2.57. The molecule has 3 nitrogen and oxygen atoms in total. The summed E-state index contributed by atoms with van der Waals surface area (Å²) in [5.41, 5.74) is 0. The van der Waals surface area contributed by atoms with Gasteiger partial charge in [-0.05, 0) is 33.0 Å². The van der Waals surface area contributed by atoms with Gasteiger partial charge >= 0.3 is 0 Å². The lowest BCUT2D eigenvalue weighted by molar-refractivity contribution is 0.195. The van der Waals surface area contributed by atoms with Crippen molar-refractivity contribution in [2.75, 3.05) is 46.3 Å². The predicted octanol–water partition coefficient (Wildman–Crippen LogP) is 0.829. The number of nitrogens with zero attached hydrogens (tertiary/aromatic N) is 2. The highest BCUT2D eigenvalue weighted by atomic mass is 35.5. The molecule has 0 saturated carbocycles. The van der Waals surface area contributed by atoms with Gasteiger partial charge in [0.1, 0.15) is 0 Å². The van der Waals surface area contributed by atoms with E-state index < -0.39 is 0 Å². The maximum atomic E-state index is 3.59. The van der Waals surface area contributed by atoms with E-state index in [-0.39, 0.29) is 24.8 Å². The van der Waals surface area contributed by atoms with Crippen LogP contribution in [0.2, 0.25) is 0 Å². The molecule has 5 heteroatoms. The summed E-state index contributed by atoms with van der Waals surface area (Å²) in [6.45, 7) is 7.48. The van der Waals surface area contributed by atoms with Crippen molar-refractivity contribution in [2.45, 2.75) is 18.9 Å². The molecule has 2 fully saturated rings. The van der Waals surface area contributed by atoms with E-state index in [0.717, 1.165) is 6.54 Å². The Hall–Kier alpha value is 0.460. The number of nitrogens with one attached hydrogen (secondary N) is 1. The number of likely N-dealkylation sites (N-methyl/N-ethyl adjacent to an activating group) is 1. The summed E-state index contributed by atoms with van der Waals surface area (Å²) in [6.07, 6.45) is 2.81. The zero-order chi connectivity index (χ0) is 9.10. The average molecular weight is 256 g/mol. The SMILES string of the molecule is CN1CCNC(CN2CCCC2)C1.Cl.Cl. The third-order valence-corrected chi connectivity index (χ3v) is 3.14. The van der Waals surface area contributed by atoms with Gasteiger partial charge in [-0.1, -0.05) is 0 Å². The van der Waals surface area contributed by atoms with Crippen molar-refractivity contribution >= 4 is 24.8 Å². The van der Waals surface area contributed by atoms with Crippen LogP contribution in [0.5, 0.6) is 0 Å². The van der Waals surface area contributed by atoms with Crippen LogP contribution in [0.3, 0.4) is 0 Å². The van der Waals surface area contributed by atoms with E-state index in [1.165, 1.54) is 45.6 Å². The van der Waals surface area contributed by atoms with E-state index in [1.807, 2.05) is 0 Å². The first kappa shape index (κ1) is 15.5. The van der Waals surface area contributed by atoms with E-state index in [9.17, 15) is 0 Å². The fourth-order valence-corrected chi connectivity index (χ4v) is 2.39. The lowest BCUT2D eigenvalue weighted by atomic mass is 10.2. The van der Waals surface area contributed by atoms with E-state index in [0.29, 0.717) is 6.04 Å². The molecular weight excluding hydrogens is 233 g/mol. The zero-order valence-corrected chi connectivity index (χ0v) is 11.1. The van der Waals surface area contributed by atoms with Crippen molar-refractivity contribution < 1.29 is 0 Å². The van der Waals surface area contributed by atoms with Gasteiger partial charge in [-0.15, -0.1) is 24.8 Å². The smallest absolute Gasteiger partial charge is 0.0323 e. The Balaban J connectivity index is 0.000000980. The predicted molar refractivity (Wildman–Crippen MR) is 69.5 cm³/mol. The molecular formula is C10H23Cl2N3. The first-order valence-electron chi connectivity index (χ1n) is 5.49. The monoisotopic (exact) mass is 255 g/mol. The maximum absolute atomic E-state index is 3.59. The molecule has 0 aliphatic carbocycles. The van der Waals surface area contributed by atoms with Gasteiger partial charge in [-0.3, -0.25) is 0 Å². The summed E-state index contributed by atoms with van der Waals surface area (Å²) in [7, 11) is 2.22. The fourth-order valence-electron chi connectivity index (χ4n) is 2.39. The summed E-state index contributed by atoms with van der Waals surface area (Å²) >= 11 is 0. The maximum Gasteiger partial charge on any atom is 0.0323 e. The number of hydrogen-bond acceptors (Lipinski definition) is 3. The second kappa shape index (κ2) is 7.69. The molecule has 1 N–H and O–H groups in total.